The van der Waals surface area contributed by atoms with E-state index in [1.165, 1.54) is 7.11 Å². The van der Waals surface area contributed by atoms with Crippen LogP contribution >= 0.6 is 0 Å². The van der Waals surface area contributed by atoms with Gasteiger partial charge < -0.3 is 19.6 Å². The molecule has 3 rings (SSSR count). The second-order valence-corrected chi connectivity index (χ2v) is 7.67. The maximum atomic E-state index is 13.3. The minimum Gasteiger partial charge on any atom is -0.496 e. The summed E-state index contributed by atoms with van der Waals surface area (Å²) in [6, 6.07) is 13.2. The van der Waals surface area contributed by atoms with Crippen molar-refractivity contribution in [1.29, 1.82) is 0 Å². The smallest absolute Gasteiger partial charge is 0.255 e. The van der Waals surface area contributed by atoms with Crippen LogP contribution in [0.1, 0.15) is 34.8 Å². The van der Waals surface area contributed by atoms with Gasteiger partial charge in [-0.25, -0.2) is 13.2 Å². The molecule has 34 heavy (non-hydrogen) atoms. The Balaban J connectivity index is 1.65. The van der Waals surface area contributed by atoms with Crippen LogP contribution in [0.5, 0.6) is 17.2 Å². The normalized spacial score (nSPS) is 11.6. The van der Waals surface area contributed by atoms with Gasteiger partial charge in [-0.2, -0.15) is 0 Å². The number of hydrogen-bond donors (Lipinski definition) is 1. The monoisotopic (exact) mass is 471 g/mol. The summed E-state index contributed by atoms with van der Waals surface area (Å²) in [6.07, 6.45) is 2.16. The Morgan fingerprint density at radius 1 is 0.971 bits per heavy atom. The summed E-state index contributed by atoms with van der Waals surface area (Å²) in [5.41, 5.74) is 1.97. The molecule has 0 aliphatic carbocycles. The fraction of sp³-hybridized carbons (Fsp3) is 0.231. The van der Waals surface area contributed by atoms with Crippen molar-refractivity contribution in [2.24, 2.45) is 5.92 Å². The molecule has 8 heteroatoms. The number of amides is 1. The van der Waals surface area contributed by atoms with Gasteiger partial charge in [0.2, 0.25) is 0 Å². The number of ether oxygens (including phenoxy) is 2. The summed E-state index contributed by atoms with van der Waals surface area (Å²) < 4.78 is 50.4. The molecule has 0 spiro atoms. The number of carbonyl (C=O) groups is 2. The molecule has 1 amide bonds. The van der Waals surface area contributed by atoms with E-state index < -0.39 is 17.5 Å². The molecule has 3 aromatic carbocycles. The van der Waals surface area contributed by atoms with Crippen LogP contribution in [-0.2, 0) is 17.8 Å². The highest BCUT2D eigenvalue weighted by molar-refractivity contribution is 5.97. The van der Waals surface area contributed by atoms with Crippen molar-refractivity contribution in [3.05, 3.63) is 88.7 Å². The van der Waals surface area contributed by atoms with Gasteiger partial charge in [0.1, 0.15) is 23.5 Å². The first-order valence-electron chi connectivity index (χ1n) is 10.7. The predicted molar refractivity (Wildman–Crippen MR) is 121 cm³/mol. The van der Waals surface area contributed by atoms with E-state index in [-0.39, 0.29) is 29.9 Å². The third kappa shape index (κ3) is 6.15. The summed E-state index contributed by atoms with van der Waals surface area (Å²) in [5.74, 6) is -4.17. The highest BCUT2D eigenvalue weighted by Crippen LogP contribution is 2.26. The van der Waals surface area contributed by atoms with Crippen molar-refractivity contribution in [2.75, 3.05) is 7.11 Å². The summed E-state index contributed by atoms with van der Waals surface area (Å²) in [5, 5.41) is 2.82. The highest BCUT2D eigenvalue weighted by Gasteiger charge is 2.15. The summed E-state index contributed by atoms with van der Waals surface area (Å²) in [6.45, 7) is 2.14. The molecule has 0 heterocycles. The molecule has 0 aliphatic heterocycles. The first-order valence-corrected chi connectivity index (χ1v) is 10.7. The third-order valence-electron chi connectivity index (χ3n) is 5.29. The molecule has 1 atom stereocenters. The van der Waals surface area contributed by atoms with Crippen LogP contribution in [0.25, 0.3) is 0 Å². The van der Waals surface area contributed by atoms with Gasteiger partial charge in [0.05, 0.1) is 12.7 Å². The summed E-state index contributed by atoms with van der Waals surface area (Å²) in [7, 11) is 1.48. The number of aldehydes is 1. The van der Waals surface area contributed by atoms with Gasteiger partial charge in [0.15, 0.2) is 17.5 Å². The van der Waals surface area contributed by atoms with E-state index in [4.69, 9.17) is 9.47 Å². The fourth-order valence-corrected chi connectivity index (χ4v) is 3.33. The Morgan fingerprint density at radius 3 is 2.21 bits per heavy atom. The minimum atomic E-state index is -1.56. The number of carbonyl (C=O) groups excluding carboxylic acids is 2. The van der Waals surface area contributed by atoms with Crippen molar-refractivity contribution in [3.8, 4) is 17.2 Å². The van der Waals surface area contributed by atoms with Crippen molar-refractivity contribution >= 4 is 12.2 Å². The van der Waals surface area contributed by atoms with Crippen molar-refractivity contribution in [1.82, 2.24) is 5.32 Å². The quantitative estimate of drug-likeness (QED) is 0.309. The highest BCUT2D eigenvalue weighted by atomic mass is 19.2. The van der Waals surface area contributed by atoms with E-state index in [9.17, 15) is 22.8 Å². The Morgan fingerprint density at radius 2 is 1.62 bits per heavy atom. The SMILES string of the molecule is CC[C@H](C=O)Cc1ccc(OC)c(C(=O)NCc2ccc(Oc3cc(F)c(F)c(F)c3)cc2)c1. The Hall–Kier alpha value is -3.81. The Labute approximate surface area is 195 Å². The van der Waals surface area contributed by atoms with E-state index in [1.54, 1.807) is 36.4 Å². The van der Waals surface area contributed by atoms with Gasteiger partial charge in [-0.3, -0.25) is 4.79 Å². The topological polar surface area (TPSA) is 64.6 Å². The van der Waals surface area contributed by atoms with Crippen molar-refractivity contribution in [2.45, 2.75) is 26.3 Å². The molecule has 0 aromatic heterocycles. The van der Waals surface area contributed by atoms with Gasteiger partial charge in [0, 0.05) is 24.6 Å². The van der Waals surface area contributed by atoms with Gasteiger partial charge >= 0.3 is 0 Å². The number of benzene rings is 3. The lowest BCUT2D eigenvalue weighted by Gasteiger charge is -2.13. The molecular weight excluding hydrogens is 447 g/mol. The fourth-order valence-electron chi connectivity index (χ4n) is 3.33. The van der Waals surface area contributed by atoms with Crippen LogP contribution < -0.4 is 14.8 Å². The van der Waals surface area contributed by atoms with Gasteiger partial charge in [-0.1, -0.05) is 25.1 Å². The van der Waals surface area contributed by atoms with E-state index >= 15 is 0 Å². The third-order valence-corrected chi connectivity index (χ3v) is 5.29. The zero-order valence-corrected chi connectivity index (χ0v) is 18.7. The van der Waals surface area contributed by atoms with Gasteiger partial charge in [-0.15, -0.1) is 0 Å². The molecular formula is C26H24F3NO4. The van der Waals surface area contributed by atoms with Crippen LogP contribution in [0, 0.1) is 23.4 Å². The Kier molecular flexibility index (Phi) is 8.29. The molecule has 0 saturated heterocycles. The van der Waals surface area contributed by atoms with E-state index in [2.05, 4.69) is 5.32 Å². The zero-order chi connectivity index (χ0) is 24.7. The molecule has 5 nitrogen and oxygen atoms in total. The maximum absolute atomic E-state index is 13.3. The van der Waals surface area contributed by atoms with Crippen LogP contribution in [0.2, 0.25) is 0 Å². The summed E-state index contributed by atoms with van der Waals surface area (Å²) in [4.78, 5) is 23.9. The number of hydrogen-bond acceptors (Lipinski definition) is 4. The maximum Gasteiger partial charge on any atom is 0.255 e. The number of halogens is 3. The lowest BCUT2D eigenvalue weighted by atomic mass is 9.96. The minimum absolute atomic E-state index is 0.118. The molecule has 178 valence electrons. The van der Waals surface area contributed by atoms with Crippen LogP contribution in [-0.4, -0.2) is 19.3 Å². The average Bonchev–Trinajstić information content (AvgIpc) is 2.85. The predicted octanol–water partition coefficient (Wildman–Crippen LogP) is 5.60. The lowest BCUT2D eigenvalue weighted by Crippen LogP contribution is -2.23. The largest absolute Gasteiger partial charge is 0.496 e. The molecule has 0 radical (unpaired) electrons. The standard InChI is InChI=1S/C26H24F3NO4/c1-3-16(15-31)10-18-6-9-24(33-2)21(11-18)26(32)30-14-17-4-7-19(8-5-17)34-20-12-22(27)25(29)23(28)13-20/h4-9,11-13,15-16H,3,10,14H2,1-2H3,(H,30,32)/t16-/m0/s1. The van der Waals surface area contributed by atoms with Crippen molar-refractivity contribution in [3.63, 3.8) is 0 Å². The van der Waals surface area contributed by atoms with E-state index in [0.29, 0.717) is 24.2 Å². The molecule has 0 saturated carbocycles. The second-order valence-electron chi connectivity index (χ2n) is 7.67. The van der Waals surface area contributed by atoms with Crippen molar-refractivity contribution < 1.29 is 32.2 Å². The average molecular weight is 471 g/mol. The Bertz CT molecular complexity index is 1140. The van der Waals surface area contributed by atoms with Gasteiger partial charge in [0.25, 0.3) is 5.91 Å². The zero-order valence-electron chi connectivity index (χ0n) is 18.7. The first-order chi connectivity index (χ1) is 16.3. The van der Waals surface area contributed by atoms with Gasteiger partial charge in [-0.05, 0) is 48.2 Å². The van der Waals surface area contributed by atoms with E-state index in [0.717, 1.165) is 29.5 Å². The van der Waals surface area contributed by atoms with Crippen LogP contribution in [0.15, 0.2) is 54.6 Å². The summed E-state index contributed by atoms with van der Waals surface area (Å²) >= 11 is 0. The van der Waals surface area contributed by atoms with Crippen LogP contribution in [0.4, 0.5) is 13.2 Å². The molecule has 0 fully saturated rings. The molecule has 3 aromatic rings. The van der Waals surface area contributed by atoms with E-state index in [1.807, 2.05) is 13.0 Å². The molecule has 0 unspecified atom stereocenters. The van der Waals surface area contributed by atoms with Crippen LogP contribution in [0.3, 0.4) is 0 Å². The second kappa shape index (κ2) is 11.4. The number of methoxy groups -OCH3 is 1. The molecule has 0 aliphatic rings. The number of nitrogens with one attached hydrogen (secondary N) is 1. The first kappa shape index (κ1) is 24.8. The lowest BCUT2D eigenvalue weighted by molar-refractivity contribution is -0.111. The molecule has 0 bridgehead atoms. The molecule has 1 N–H and O–H groups in total. The number of rotatable bonds is 10.